The van der Waals surface area contributed by atoms with Crippen molar-refractivity contribution in [3.05, 3.63) is 35.1 Å². The number of benzene rings is 1. The van der Waals surface area contributed by atoms with Crippen LogP contribution >= 0.6 is 0 Å². The summed E-state index contributed by atoms with van der Waals surface area (Å²) in [5, 5.41) is 2.77. The largest absolute Gasteiger partial charge is 0.352 e. The van der Waals surface area contributed by atoms with Gasteiger partial charge in [-0.3, -0.25) is 4.79 Å². The van der Waals surface area contributed by atoms with Gasteiger partial charge in [0, 0.05) is 24.6 Å². The SMILES string of the molecule is CCC(CC)C(=O)NCc1ccc(CN)cc1F. The van der Waals surface area contributed by atoms with Crippen molar-refractivity contribution in [2.45, 2.75) is 39.8 Å². The first-order valence-electron chi connectivity index (χ1n) is 6.37. The van der Waals surface area contributed by atoms with Crippen molar-refractivity contribution < 1.29 is 9.18 Å². The van der Waals surface area contributed by atoms with E-state index in [1.807, 2.05) is 13.8 Å². The third kappa shape index (κ3) is 3.81. The van der Waals surface area contributed by atoms with Crippen molar-refractivity contribution >= 4 is 5.91 Å². The third-order valence-corrected chi connectivity index (χ3v) is 3.16. The maximum absolute atomic E-state index is 13.6. The number of carbonyl (C=O) groups excluding carboxylic acids is 1. The molecule has 1 aromatic rings. The lowest BCUT2D eigenvalue weighted by atomic mass is 10.0. The van der Waals surface area contributed by atoms with Gasteiger partial charge in [0.2, 0.25) is 5.91 Å². The Morgan fingerprint density at radius 3 is 2.56 bits per heavy atom. The third-order valence-electron chi connectivity index (χ3n) is 3.16. The van der Waals surface area contributed by atoms with Crippen LogP contribution in [0, 0.1) is 11.7 Å². The summed E-state index contributed by atoms with van der Waals surface area (Å²) < 4.78 is 13.6. The van der Waals surface area contributed by atoms with Crippen molar-refractivity contribution in [1.82, 2.24) is 5.32 Å². The monoisotopic (exact) mass is 252 g/mol. The molecule has 0 aromatic heterocycles. The average molecular weight is 252 g/mol. The second-order valence-corrected chi connectivity index (χ2v) is 4.36. The van der Waals surface area contributed by atoms with Crippen molar-refractivity contribution in [1.29, 1.82) is 0 Å². The minimum absolute atomic E-state index is 0.0105. The minimum atomic E-state index is -0.317. The zero-order valence-corrected chi connectivity index (χ0v) is 11.0. The van der Waals surface area contributed by atoms with Crippen molar-refractivity contribution in [2.24, 2.45) is 11.7 Å². The van der Waals surface area contributed by atoms with Gasteiger partial charge in [0.15, 0.2) is 0 Å². The van der Waals surface area contributed by atoms with Crippen LogP contribution in [0.5, 0.6) is 0 Å². The van der Waals surface area contributed by atoms with Crippen molar-refractivity contribution in [3.8, 4) is 0 Å². The van der Waals surface area contributed by atoms with E-state index >= 15 is 0 Å². The van der Waals surface area contributed by atoms with E-state index in [1.165, 1.54) is 6.07 Å². The summed E-state index contributed by atoms with van der Waals surface area (Å²) in [5.41, 5.74) is 6.67. The number of amides is 1. The van der Waals surface area contributed by atoms with Crippen molar-refractivity contribution in [3.63, 3.8) is 0 Å². The first-order valence-corrected chi connectivity index (χ1v) is 6.37. The summed E-state index contributed by atoms with van der Waals surface area (Å²) in [5.74, 6) is -0.318. The fourth-order valence-corrected chi connectivity index (χ4v) is 1.85. The van der Waals surface area contributed by atoms with Crippen LogP contribution in [0.15, 0.2) is 18.2 Å². The van der Waals surface area contributed by atoms with Crippen LogP contribution in [0.25, 0.3) is 0 Å². The lowest BCUT2D eigenvalue weighted by Gasteiger charge is -2.13. The van der Waals surface area contributed by atoms with E-state index in [9.17, 15) is 9.18 Å². The predicted octanol–water partition coefficient (Wildman–Crippen LogP) is 2.34. The summed E-state index contributed by atoms with van der Waals surface area (Å²) in [7, 11) is 0. The highest BCUT2D eigenvalue weighted by atomic mass is 19.1. The Kier molecular flexibility index (Phi) is 5.78. The van der Waals surface area contributed by atoms with Crippen LogP contribution in [0.4, 0.5) is 4.39 Å². The van der Waals surface area contributed by atoms with Crippen LogP contribution in [-0.4, -0.2) is 5.91 Å². The first kappa shape index (κ1) is 14.6. The molecule has 3 N–H and O–H groups in total. The van der Waals surface area contributed by atoms with E-state index in [1.54, 1.807) is 12.1 Å². The van der Waals surface area contributed by atoms with Gasteiger partial charge in [-0.2, -0.15) is 0 Å². The molecule has 0 radical (unpaired) electrons. The zero-order valence-electron chi connectivity index (χ0n) is 11.0. The van der Waals surface area contributed by atoms with Gasteiger partial charge in [-0.1, -0.05) is 26.0 Å². The zero-order chi connectivity index (χ0) is 13.5. The van der Waals surface area contributed by atoms with Gasteiger partial charge in [0.05, 0.1) is 0 Å². The molecule has 0 saturated heterocycles. The number of nitrogens with two attached hydrogens (primary N) is 1. The van der Waals surface area contributed by atoms with Crippen LogP contribution in [0.2, 0.25) is 0 Å². The molecule has 0 aliphatic heterocycles. The van der Waals surface area contributed by atoms with Crippen LogP contribution in [0.1, 0.15) is 37.8 Å². The van der Waals surface area contributed by atoms with Crippen LogP contribution in [0.3, 0.4) is 0 Å². The highest BCUT2D eigenvalue weighted by Gasteiger charge is 2.14. The van der Waals surface area contributed by atoms with E-state index in [0.29, 0.717) is 12.1 Å². The molecule has 100 valence electrons. The van der Waals surface area contributed by atoms with Gasteiger partial charge >= 0.3 is 0 Å². The second-order valence-electron chi connectivity index (χ2n) is 4.36. The molecule has 1 rings (SSSR count). The lowest BCUT2D eigenvalue weighted by molar-refractivity contribution is -0.125. The molecule has 3 nitrogen and oxygen atoms in total. The quantitative estimate of drug-likeness (QED) is 0.816. The summed E-state index contributed by atoms with van der Waals surface area (Å²) in [6.45, 7) is 4.50. The Morgan fingerprint density at radius 1 is 1.39 bits per heavy atom. The van der Waals surface area contributed by atoms with Gasteiger partial charge < -0.3 is 11.1 Å². The Bertz CT molecular complexity index is 403. The van der Waals surface area contributed by atoms with Gasteiger partial charge in [0.25, 0.3) is 0 Å². The standard InChI is InChI=1S/C14H21FN2O/c1-3-11(4-2)14(18)17-9-12-6-5-10(8-16)7-13(12)15/h5-7,11H,3-4,8-9,16H2,1-2H3,(H,17,18). The fraction of sp³-hybridized carbons (Fsp3) is 0.500. The number of carbonyl (C=O) groups is 1. The normalized spacial score (nSPS) is 10.7. The molecule has 0 atom stereocenters. The molecule has 0 bridgehead atoms. The molecule has 0 heterocycles. The summed E-state index contributed by atoms with van der Waals surface area (Å²) >= 11 is 0. The molecule has 18 heavy (non-hydrogen) atoms. The molecule has 0 aliphatic carbocycles. The molecule has 0 saturated carbocycles. The molecular weight excluding hydrogens is 231 g/mol. The Morgan fingerprint density at radius 2 is 2.06 bits per heavy atom. The molecule has 1 amide bonds. The first-order chi connectivity index (χ1) is 8.62. The average Bonchev–Trinajstić information content (AvgIpc) is 2.38. The Balaban J connectivity index is 2.61. The smallest absolute Gasteiger partial charge is 0.223 e. The highest BCUT2D eigenvalue weighted by Crippen LogP contribution is 2.11. The van der Waals surface area contributed by atoms with Gasteiger partial charge in [0.1, 0.15) is 5.82 Å². The summed E-state index contributed by atoms with van der Waals surface area (Å²) in [6, 6.07) is 4.87. The summed E-state index contributed by atoms with van der Waals surface area (Å²) in [4.78, 5) is 11.8. The second kappa shape index (κ2) is 7.11. The highest BCUT2D eigenvalue weighted by molar-refractivity contribution is 5.78. The van der Waals surface area contributed by atoms with Gasteiger partial charge in [-0.15, -0.1) is 0 Å². The maximum Gasteiger partial charge on any atom is 0.223 e. The Hall–Kier alpha value is -1.42. The fourth-order valence-electron chi connectivity index (χ4n) is 1.85. The van der Waals surface area contributed by atoms with E-state index in [-0.39, 0.29) is 24.2 Å². The summed E-state index contributed by atoms with van der Waals surface area (Å²) in [6.07, 6.45) is 1.61. The molecule has 0 aliphatic rings. The van der Waals surface area contributed by atoms with Crippen molar-refractivity contribution in [2.75, 3.05) is 0 Å². The number of hydrogen-bond acceptors (Lipinski definition) is 2. The van der Waals surface area contributed by atoms with Crippen LogP contribution < -0.4 is 11.1 Å². The number of hydrogen-bond donors (Lipinski definition) is 2. The van der Waals surface area contributed by atoms with Crippen LogP contribution in [-0.2, 0) is 17.9 Å². The van der Waals surface area contributed by atoms with Gasteiger partial charge in [-0.25, -0.2) is 4.39 Å². The van der Waals surface area contributed by atoms with E-state index < -0.39 is 0 Å². The van der Waals surface area contributed by atoms with E-state index in [4.69, 9.17) is 5.73 Å². The molecule has 0 unspecified atom stereocenters. The topological polar surface area (TPSA) is 55.1 Å². The molecule has 1 aromatic carbocycles. The lowest BCUT2D eigenvalue weighted by Crippen LogP contribution is -2.29. The van der Waals surface area contributed by atoms with E-state index in [2.05, 4.69) is 5.32 Å². The Labute approximate surface area is 108 Å². The number of halogens is 1. The number of rotatable bonds is 6. The van der Waals surface area contributed by atoms with E-state index in [0.717, 1.165) is 18.4 Å². The molecule has 0 spiro atoms. The van der Waals surface area contributed by atoms with Gasteiger partial charge in [-0.05, 0) is 24.5 Å². The molecular formula is C14H21FN2O. The number of nitrogens with one attached hydrogen (secondary N) is 1. The molecule has 0 fully saturated rings. The molecule has 4 heteroatoms. The maximum atomic E-state index is 13.6. The minimum Gasteiger partial charge on any atom is -0.352 e. The predicted molar refractivity (Wildman–Crippen MR) is 70.2 cm³/mol.